The number of benzene rings is 2. The molecule has 6 nitrogen and oxygen atoms in total. The first-order chi connectivity index (χ1) is 13.1. The van der Waals surface area contributed by atoms with Gasteiger partial charge in [0.15, 0.2) is 0 Å². The molecule has 1 fully saturated rings. The van der Waals surface area contributed by atoms with Crippen LogP contribution in [0.25, 0.3) is 0 Å². The molecular weight excluding hydrogens is 344 g/mol. The SMILES string of the molecule is O=C(O)Cc1cccc(N2CCC(NC(=O)OCc3ccccc3)CC2)c1. The topological polar surface area (TPSA) is 78.9 Å². The van der Waals surface area contributed by atoms with Gasteiger partial charge in [-0.2, -0.15) is 0 Å². The number of aliphatic carboxylic acids is 1. The number of carbonyl (C=O) groups excluding carboxylic acids is 1. The maximum absolute atomic E-state index is 12.0. The summed E-state index contributed by atoms with van der Waals surface area (Å²) in [5, 5.41) is 11.9. The first-order valence-electron chi connectivity index (χ1n) is 9.13. The smallest absolute Gasteiger partial charge is 0.407 e. The van der Waals surface area contributed by atoms with Crippen LogP contribution >= 0.6 is 0 Å². The van der Waals surface area contributed by atoms with E-state index in [2.05, 4.69) is 10.2 Å². The van der Waals surface area contributed by atoms with Gasteiger partial charge in [0.05, 0.1) is 6.42 Å². The van der Waals surface area contributed by atoms with Crippen LogP contribution in [-0.2, 0) is 22.6 Å². The van der Waals surface area contributed by atoms with Gasteiger partial charge in [0.2, 0.25) is 0 Å². The number of carbonyl (C=O) groups is 2. The monoisotopic (exact) mass is 368 g/mol. The standard InChI is InChI=1S/C21H24N2O4/c24-20(25)14-17-7-4-8-19(13-17)23-11-9-18(10-12-23)22-21(26)27-15-16-5-2-1-3-6-16/h1-8,13,18H,9-12,14-15H2,(H,22,26)(H,24,25). The summed E-state index contributed by atoms with van der Waals surface area (Å²) in [5.74, 6) is -0.830. The van der Waals surface area contributed by atoms with Crippen LogP contribution in [0.2, 0.25) is 0 Å². The molecule has 1 saturated heterocycles. The lowest BCUT2D eigenvalue weighted by molar-refractivity contribution is -0.136. The van der Waals surface area contributed by atoms with Crippen molar-refractivity contribution in [3.8, 4) is 0 Å². The number of piperidine rings is 1. The average molecular weight is 368 g/mol. The predicted molar refractivity (Wildman–Crippen MR) is 103 cm³/mol. The molecular formula is C21H24N2O4. The molecule has 0 aromatic heterocycles. The molecule has 2 aromatic carbocycles. The van der Waals surface area contributed by atoms with E-state index in [0.717, 1.165) is 42.7 Å². The quantitative estimate of drug-likeness (QED) is 0.819. The van der Waals surface area contributed by atoms with E-state index < -0.39 is 5.97 Å². The second-order valence-electron chi connectivity index (χ2n) is 6.71. The highest BCUT2D eigenvalue weighted by Gasteiger charge is 2.21. The zero-order valence-corrected chi connectivity index (χ0v) is 15.1. The van der Waals surface area contributed by atoms with Gasteiger partial charge in [-0.25, -0.2) is 4.79 Å². The summed E-state index contributed by atoms with van der Waals surface area (Å²) in [4.78, 5) is 25.1. The van der Waals surface area contributed by atoms with Crippen molar-refractivity contribution >= 4 is 17.7 Å². The lowest BCUT2D eigenvalue weighted by atomic mass is 10.0. The maximum Gasteiger partial charge on any atom is 0.407 e. The number of nitrogens with zero attached hydrogens (tertiary/aromatic N) is 1. The molecule has 6 heteroatoms. The van der Waals surface area contributed by atoms with Crippen molar-refractivity contribution < 1.29 is 19.4 Å². The normalized spacial score (nSPS) is 14.6. The van der Waals surface area contributed by atoms with Crippen molar-refractivity contribution in [3.05, 3.63) is 65.7 Å². The molecule has 1 aliphatic heterocycles. The molecule has 0 saturated carbocycles. The lowest BCUT2D eigenvalue weighted by Gasteiger charge is -2.34. The van der Waals surface area contributed by atoms with Crippen molar-refractivity contribution in [2.45, 2.75) is 31.9 Å². The lowest BCUT2D eigenvalue weighted by Crippen LogP contribution is -2.44. The number of alkyl carbamates (subject to hydrolysis) is 1. The molecule has 1 amide bonds. The maximum atomic E-state index is 12.0. The Labute approximate surface area is 158 Å². The highest BCUT2D eigenvalue weighted by Crippen LogP contribution is 2.21. The molecule has 1 heterocycles. The highest BCUT2D eigenvalue weighted by molar-refractivity contribution is 5.71. The number of hydrogen-bond acceptors (Lipinski definition) is 4. The van der Waals surface area contributed by atoms with Crippen LogP contribution in [0.3, 0.4) is 0 Å². The molecule has 27 heavy (non-hydrogen) atoms. The summed E-state index contributed by atoms with van der Waals surface area (Å²) >= 11 is 0. The zero-order valence-electron chi connectivity index (χ0n) is 15.1. The van der Waals surface area contributed by atoms with Crippen molar-refractivity contribution in [3.63, 3.8) is 0 Å². The molecule has 0 bridgehead atoms. The number of carboxylic acids is 1. The van der Waals surface area contributed by atoms with Crippen molar-refractivity contribution in [2.75, 3.05) is 18.0 Å². The number of carboxylic acid groups (broad SMARTS) is 1. The van der Waals surface area contributed by atoms with Gasteiger partial charge in [-0.05, 0) is 36.1 Å². The summed E-state index contributed by atoms with van der Waals surface area (Å²) in [5.41, 5.74) is 2.78. The summed E-state index contributed by atoms with van der Waals surface area (Å²) in [7, 11) is 0. The number of anilines is 1. The summed E-state index contributed by atoms with van der Waals surface area (Å²) in [6, 6.07) is 17.3. The van der Waals surface area contributed by atoms with Crippen LogP contribution in [0, 0.1) is 0 Å². The number of ether oxygens (including phenoxy) is 1. The molecule has 0 unspecified atom stereocenters. The van der Waals surface area contributed by atoms with Crippen LogP contribution in [0.4, 0.5) is 10.5 Å². The van der Waals surface area contributed by atoms with Gasteiger partial charge in [0.1, 0.15) is 6.61 Å². The van der Waals surface area contributed by atoms with Crippen molar-refractivity contribution in [1.29, 1.82) is 0 Å². The molecule has 0 aliphatic carbocycles. The van der Waals surface area contributed by atoms with Crippen molar-refractivity contribution in [2.24, 2.45) is 0 Å². The Hall–Kier alpha value is -3.02. The van der Waals surface area contributed by atoms with Crippen LogP contribution in [0.1, 0.15) is 24.0 Å². The van der Waals surface area contributed by atoms with E-state index in [1.54, 1.807) is 0 Å². The van der Waals surface area contributed by atoms with Gasteiger partial charge in [0.25, 0.3) is 0 Å². The molecule has 142 valence electrons. The molecule has 2 N–H and O–H groups in total. The predicted octanol–water partition coefficient (Wildman–Crippen LogP) is 3.21. The number of rotatable bonds is 6. The summed E-state index contributed by atoms with van der Waals surface area (Å²) in [6.45, 7) is 1.88. The van der Waals surface area contributed by atoms with Crippen LogP contribution in [-0.4, -0.2) is 36.3 Å². The second kappa shape index (κ2) is 9.07. The first-order valence-corrected chi connectivity index (χ1v) is 9.13. The van der Waals surface area contributed by atoms with Gasteiger partial charge in [-0.3, -0.25) is 4.79 Å². The van der Waals surface area contributed by atoms with Crippen LogP contribution in [0.15, 0.2) is 54.6 Å². The Morgan fingerprint density at radius 1 is 1.04 bits per heavy atom. The molecule has 0 spiro atoms. The minimum atomic E-state index is -0.830. The zero-order chi connectivity index (χ0) is 19.1. The van der Waals surface area contributed by atoms with Gasteiger partial charge in [0, 0.05) is 24.8 Å². The Bertz CT molecular complexity index is 771. The Morgan fingerprint density at radius 2 is 1.74 bits per heavy atom. The van der Waals surface area contributed by atoms with Gasteiger partial charge >= 0.3 is 12.1 Å². The van der Waals surface area contributed by atoms with Crippen molar-refractivity contribution in [1.82, 2.24) is 5.32 Å². The summed E-state index contributed by atoms with van der Waals surface area (Å²) < 4.78 is 5.28. The van der Waals surface area contributed by atoms with E-state index in [9.17, 15) is 9.59 Å². The van der Waals surface area contributed by atoms with E-state index in [1.807, 2.05) is 54.6 Å². The van der Waals surface area contributed by atoms with Crippen LogP contribution < -0.4 is 10.2 Å². The fourth-order valence-corrected chi connectivity index (χ4v) is 3.25. The largest absolute Gasteiger partial charge is 0.481 e. The third-order valence-electron chi connectivity index (χ3n) is 4.66. The first kappa shape index (κ1) is 18.8. The highest BCUT2D eigenvalue weighted by atomic mass is 16.5. The Morgan fingerprint density at radius 3 is 2.44 bits per heavy atom. The molecule has 2 aromatic rings. The third-order valence-corrected chi connectivity index (χ3v) is 4.66. The second-order valence-corrected chi connectivity index (χ2v) is 6.71. The van der Waals surface area contributed by atoms with Gasteiger partial charge < -0.3 is 20.1 Å². The van der Waals surface area contributed by atoms with E-state index in [1.165, 1.54) is 0 Å². The number of amides is 1. The van der Waals surface area contributed by atoms with Crippen LogP contribution in [0.5, 0.6) is 0 Å². The Balaban J connectivity index is 1.44. The van der Waals surface area contributed by atoms with Gasteiger partial charge in [-0.1, -0.05) is 42.5 Å². The number of nitrogens with one attached hydrogen (secondary N) is 1. The molecule has 0 atom stereocenters. The fourth-order valence-electron chi connectivity index (χ4n) is 3.25. The third kappa shape index (κ3) is 5.74. The minimum absolute atomic E-state index is 0.0269. The summed E-state index contributed by atoms with van der Waals surface area (Å²) in [6.07, 6.45) is 1.28. The van der Waals surface area contributed by atoms with E-state index in [0.29, 0.717) is 0 Å². The number of hydrogen-bond donors (Lipinski definition) is 2. The fraction of sp³-hybridized carbons (Fsp3) is 0.333. The average Bonchev–Trinajstić information content (AvgIpc) is 2.67. The van der Waals surface area contributed by atoms with E-state index in [-0.39, 0.29) is 25.2 Å². The Kier molecular flexibility index (Phi) is 6.30. The van der Waals surface area contributed by atoms with E-state index >= 15 is 0 Å². The molecule has 3 rings (SSSR count). The van der Waals surface area contributed by atoms with E-state index in [4.69, 9.17) is 9.84 Å². The molecule has 1 aliphatic rings. The minimum Gasteiger partial charge on any atom is -0.481 e. The van der Waals surface area contributed by atoms with Gasteiger partial charge in [-0.15, -0.1) is 0 Å². The molecule has 0 radical (unpaired) electrons.